The molecule has 0 radical (unpaired) electrons. The molecule has 8 aromatic carbocycles. The highest BCUT2D eigenvalue weighted by Gasteiger charge is 2.58. The van der Waals surface area contributed by atoms with E-state index >= 15 is 0 Å². The fraction of sp³-hybridized carbons (Fsp3) is 0.333. The number of anilines is 8. The molecule has 78 heavy (non-hydrogen) atoms. The van der Waals surface area contributed by atoms with Gasteiger partial charge in [0.2, 0.25) is 0 Å². The maximum Gasteiger partial charge on any atom is 0.252 e. The first kappa shape index (κ1) is 47.3. The van der Waals surface area contributed by atoms with E-state index in [1.54, 1.807) is 0 Å². The first-order chi connectivity index (χ1) is 37.4. The van der Waals surface area contributed by atoms with Gasteiger partial charge in [-0.1, -0.05) is 154 Å². The molecule has 2 atom stereocenters. The Morgan fingerprint density at radius 3 is 1.83 bits per heavy atom. The minimum absolute atomic E-state index is 0.00509. The average molecular weight is 1040 g/mol. The highest BCUT2D eigenvalue weighted by atomic mass is 32.1. The fourth-order valence-corrected chi connectivity index (χ4v) is 17.9. The highest BCUT2D eigenvalue weighted by molar-refractivity contribution is 7.26. The van der Waals surface area contributed by atoms with Crippen LogP contribution in [0.4, 0.5) is 45.5 Å². The number of nitrogens with zero attached hydrogens (tertiary/aromatic N) is 3. The Morgan fingerprint density at radius 1 is 0.423 bits per heavy atom. The Balaban J connectivity index is 1.10. The first-order valence-electron chi connectivity index (χ1n) is 29.3. The van der Waals surface area contributed by atoms with Crippen LogP contribution in [0.5, 0.6) is 0 Å². The molecule has 5 heterocycles. The summed E-state index contributed by atoms with van der Waals surface area (Å²) >= 11 is 1.91. The number of fused-ring (bicyclic) bond motifs is 16. The number of benzene rings is 8. The molecular weight excluding hydrogens is 966 g/mol. The molecule has 0 saturated heterocycles. The monoisotopic (exact) mass is 1040 g/mol. The van der Waals surface area contributed by atoms with Crippen LogP contribution in [0.25, 0.3) is 42.1 Å². The summed E-state index contributed by atoms with van der Waals surface area (Å²) in [5, 5.41) is 4.93. The third-order valence-electron chi connectivity index (χ3n) is 21.5. The van der Waals surface area contributed by atoms with Gasteiger partial charge in [-0.05, 0) is 178 Å². The summed E-state index contributed by atoms with van der Waals surface area (Å²) in [5.41, 5.74) is 23.5. The molecule has 16 rings (SSSR count). The van der Waals surface area contributed by atoms with Gasteiger partial charge >= 0.3 is 0 Å². The lowest BCUT2D eigenvalue weighted by Gasteiger charge is -2.51. The Kier molecular flexibility index (Phi) is 9.41. The van der Waals surface area contributed by atoms with E-state index in [0.29, 0.717) is 0 Å². The van der Waals surface area contributed by atoms with Crippen molar-refractivity contribution in [2.24, 2.45) is 0 Å². The number of thiophene rings is 1. The zero-order valence-electron chi connectivity index (χ0n) is 47.2. The van der Waals surface area contributed by atoms with Crippen LogP contribution >= 0.6 is 11.3 Å². The number of hydrogen-bond acceptors (Lipinski definition) is 5. The summed E-state index contributed by atoms with van der Waals surface area (Å²) in [5.74, 6) is 0. The van der Waals surface area contributed by atoms with Crippen LogP contribution in [0, 0.1) is 0 Å². The quantitative estimate of drug-likeness (QED) is 0.165. The third-order valence-corrected chi connectivity index (χ3v) is 22.6. The topological polar surface area (TPSA) is 22.9 Å². The summed E-state index contributed by atoms with van der Waals surface area (Å²) in [7, 11) is 0. The summed E-state index contributed by atoms with van der Waals surface area (Å²) in [6.45, 7) is 25.0. The van der Waals surface area contributed by atoms with Crippen LogP contribution in [0.2, 0.25) is 0 Å². The third kappa shape index (κ3) is 6.08. The van der Waals surface area contributed by atoms with Crippen LogP contribution in [0.3, 0.4) is 0 Å². The van der Waals surface area contributed by atoms with E-state index in [1.807, 2.05) is 11.3 Å². The van der Waals surface area contributed by atoms with Gasteiger partial charge in [-0.15, -0.1) is 11.3 Å². The van der Waals surface area contributed by atoms with Crippen molar-refractivity contribution in [2.45, 2.75) is 153 Å². The average Bonchev–Trinajstić information content (AvgIpc) is 3.22. The van der Waals surface area contributed by atoms with Gasteiger partial charge in [0, 0.05) is 65.1 Å². The maximum absolute atomic E-state index is 6.97. The number of furan rings is 1. The molecule has 0 N–H and O–H groups in total. The minimum Gasteiger partial charge on any atom is -0.456 e. The number of rotatable bonds is 3. The lowest BCUT2D eigenvalue weighted by molar-refractivity contribution is 0.195. The molecule has 1 saturated carbocycles. The Labute approximate surface area is 465 Å². The van der Waals surface area contributed by atoms with Crippen molar-refractivity contribution in [3.8, 4) is 0 Å². The molecule has 4 nitrogen and oxygen atoms in total. The second-order valence-corrected chi connectivity index (χ2v) is 28.7. The van der Waals surface area contributed by atoms with Gasteiger partial charge in [-0.2, -0.15) is 0 Å². The summed E-state index contributed by atoms with van der Waals surface area (Å²) in [4.78, 5) is 8.33. The molecular formula is C72H70BN3OS. The zero-order chi connectivity index (χ0) is 53.2. The van der Waals surface area contributed by atoms with E-state index in [-0.39, 0.29) is 39.3 Å². The van der Waals surface area contributed by atoms with Gasteiger partial charge in [-0.25, -0.2) is 0 Å². The Morgan fingerprint density at radius 2 is 1.05 bits per heavy atom. The van der Waals surface area contributed by atoms with E-state index < -0.39 is 0 Å². The largest absolute Gasteiger partial charge is 0.456 e. The summed E-state index contributed by atoms with van der Waals surface area (Å²) in [6, 6.07) is 57.5. The summed E-state index contributed by atoms with van der Waals surface area (Å²) < 4.78 is 9.58. The van der Waals surface area contributed by atoms with Crippen molar-refractivity contribution in [3.05, 3.63) is 173 Å². The zero-order valence-corrected chi connectivity index (χ0v) is 48.1. The molecule has 3 aliphatic carbocycles. The van der Waals surface area contributed by atoms with Gasteiger partial charge in [0.25, 0.3) is 6.71 Å². The van der Waals surface area contributed by atoms with E-state index in [4.69, 9.17) is 4.42 Å². The van der Waals surface area contributed by atoms with Crippen LogP contribution < -0.4 is 31.1 Å². The molecule has 0 amide bonds. The van der Waals surface area contributed by atoms with E-state index in [2.05, 4.69) is 230 Å². The van der Waals surface area contributed by atoms with Crippen LogP contribution in [-0.4, -0.2) is 12.3 Å². The normalized spacial score (nSPS) is 22.7. The fourth-order valence-electron chi connectivity index (χ4n) is 16.8. The molecule has 1 fully saturated rings. The predicted octanol–water partition coefficient (Wildman–Crippen LogP) is 18.5. The smallest absolute Gasteiger partial charge is 0.252 e. The standard InChI is InChI=1S/C72H70BN3OS/c1-67(2)34-35-68(3,4)49-38-43(28-29-47(49)67)74-56-42-51-50(69(5,6)36-37-70(51,7)8)41-53(56)73-52-30-31-60-64(45-20-11-15-25-59(45)77-60)66(52)75(55-24-19-27-62-63(55)46-21-12-16-26-61(46)78-62)58-40-44(39-57(74)65(58)73)76-54-23-14-13-22-48(54)71(9)32-17-18-33-72(71,76)10/h11-16,19-31,38-42H,17-18,32-37H2,1-10H3. The predicted molar refractivity (Wildman–Crippen MR) is 334 cm³/mol. The first-order valence-corrected chi connectivity index (χ1v) is 30.1. The van der Waals surface area contributed by atoms with Crippen LogP contribution in [-0.2, 0) is 27.1 Å². The molecule has 2 unspecified atom stereocenters. The van der Waals surface area contributed by atoms with Gasteiger partial charge < -0.3 is 19.1 Å². The van der Waals surface area contributed by atoms with Crippen LogP contribution in [0.15, 0.2) is 150 Å². The van der Waals surface area contributed by atoms with Crippen molar-refractivity contribution in [2.75, 3.05) is 14.7 Å². The molecule has 2 aromatic heterocycles. The number of para-hydroxylation sites is 2. The highest BCUT2D eigenvalue weighted by Crippen LogP contribution is 2.63. The van der Waals surface area contributed by atoms with Crippen molar-refractivity contribution in [1.82, 2.24) is 0 Å². The SMILES string of the molecule is CC1(C)CCC(C)(C)c2cc(N3c4cc5c(cc4B4c6ccc7oc8ccccc8c7c6N(c6cccc7sc8ccccc8c67)c6cc(N7c8ccccc8C8(C)CCCCC78C)cc3c64)C(C)(C)CCC5(C)C)ccc21. The molecule has 0 spiro atoms. The lowest BCUT2D eigenvalue weighted by atomic mass is 9.33. The molecule has 3 aliphatic heterocycles. The van der Waals surface area contributed by atoms with Gasteiger partial charge in [0.1, 0.15) is 11.2 Å². The maximum atomic E-state index is 6.97. The number of hydrogen-bond donors (Lipinski definition) is 0. The second-order valence-electron chi connectivity index (χ2n) is 27.6. The second kappa shape index (κ2) is 15.5. The van der Waals surface area contributed by atoms with Gasteiger partial charge in [0.05, 0.1) is 22.3 Å². The van der Waals surface area contributed by atoms with Crippen molar-refractivity contribution < 1.29 is 4.42 Å². The molecule has 6 aliphatic rings. The van der Waals surface area contributed by atoms with Crippen molar-refractivity contribution in [1.29, 1.82) is 0 Å². The molecule has 0 bridgehead atoms. The van der Waals surface area contributed by atoms with Gasteiger partial charge in [0.15, 0.2) is 0 Å². The molecule has 388 valence electrons. The van der Waals surface area contributed by atoms with E-state index in [0.717, 1.165) is 42.2 Å². The minimum atomic E-state index is -0.155. The van der Waals surface area contributed by atoms with E-state index in [9.17, 15) is 0 Å². The Hall–Kier alpha value is -6.76. The molecule has 10 aromatic rings. The van der Waals surface area contributed by atoms with Crippen LogP contribution in [0.1, 0.15) is 148 Å². The Bertz CT molecular complexity index is 4270. The van der Waals surface area contributed by atoms with Crippen molar-refractivity contribution >= 4 is 122 Å². The molecule has 6 heteroatoms. The van der Waals surface area contributed by atoms with Crippen molar-refractivity contribution in [3.63, 3.8) is 0 Å². The lowest BCUT2D eigenvalue weighted by Crippen LogP contribution is -2.62. The summed E-state index contributed by atoms with van der Waals surface area (Å²) in [6.07, 6.45) is 9.41. The van der Waals surface area contributed by atoms with Gasteiger partial charge in [-0.3, -0.25) is 0 Å². The van der Waals surface area contributed by atoms with E-state index in [1.165, 1.54) is 141 Å².